The van der Waals surface area contributed by atoms with E-state index >= 15 is 0 Å². The molecule has 20 heavy (non-hydrogen) atoms. The third-order valence-corrected chi connectivity index (χ3v) is 2.32. The number of aromatic amines is 1. The zero-order valence-electron chi connectivity index (χ0n) is 10.2. The summed E-state index contributed by atoms with van der Waals surface area (Å²) in [5, 5.41) is 0. The topological polar surface area (TPSA) is 59.2 Å². The van der Waals surface area contributed by atoms with Crippen molar-refractivity contribution >= 4 is 5.97 Å². The number of carbonyl (C=O) groups is 1. The minimum Gasteiger partial charge on any atom is -0.466 e. The summed E-state index contributed by atoms with van der Waals surface area (Å²) in [6, 6.07) is 0.319. The number of aromatic nitrogens is 1. The molecule has 0 aromatic carbocycles. The van der Waals surface area contributed by atoms with Gasteiger partial charge in [-0.2, -0.15) is 13.2 Å². The molecule has 0 saturated carbocycles. The molecule has 9 heteroatoms. The molecule has 0 fully saturated rings. The highest BCUT2D eigenvalue weighted by atomic mass is 19.4. The van der Waals surface area contributed by atoms with E-state index in [1.807, 2.05) is 0 Å². The first-order valence-electron chi connectivity index (χ1n) is 5.43. The van der Waals surface area contributed by atoms with Gasteiger partial charge in [0.15, 0.2) is 0 Å². The Balaban J connectivity index is 3.33. The van der Waals surface area contributed by atoms with Crippen LogP contribution in [0.4, 0.5) is 22.0 Å². The summed E-state index contributed by atoms with van der Waals surface area (Å²) in [6.07, 6.45) is -9.05. The standard InChI is InChI=1S/C11H10F5NO3/c1-2-20-7(18)4-5-3-6(11(14,15)16)17-10(19)8(5)9(12)13/h3,9H,2,4H2,1H3,(H,17,19). The number of esters is 1. The largest absolute Gasteiger partial charge is 0.466 e. The maximum atomic E-state index is 12.7. The molecule has 0 saturated heterocycles. The fourth-order valence-corrected chi connectivity index (χ4v) is 1.53. The second kappa shape index (κ2) is 6.02. The second-order valence-corrected chi connectivity index (χ2v) is 3.73. The third kappa shape index (κ3) is 3.78. The summed E-state index contributed by atoms with van der Waals surface area (Å²) in [4.78, 5) is 23.8. The van der Waals surface area contributed by atoms with Crippen LogP contribution >= 0.6 is 0 Å². The summed E-state index contributed by atoms with van der Waals surface area (Å²) < 4.78 is 67.3. The average molecular weight is 299 g/mol. The number of hydrogen-bond donors (Lipinski definition) is 1. The fraction of sp³-hybridized carbons (Fsp3) is 0.455. The number of H-pyrrole nitrogens is 1. The lowest BCUT2D eigenvalue weighted by Gasteiger charge is -2.12. The number of halogens is 5. The highest BCUT2D eigenvalue weighted by Crippen LogP contribution is 2.29. The molecule has 1 aromatic heterocycles. The van der Waals surface area contributed by atoms with Gasteiger partial charge in [0.1, 0.15) is 5.69 Å². The molecule has 0 aliphatic rings. The van der Waals surface area contributed by atoms with Crippen molar-refractivity contribution in [2.45, 2.75) is 25.9 Å². The predicted octanol–water partition coefficient (Wildman–Crippen LogP) is 2.44. The van der Waals surface area contributed by atoms with Crippen molar-refractivity contribution < 1.29 is 31.5 Å². The van der Waals surface area contributed by atoms with Crippen LogP contribution in [0.5, 0.6) is 0 Å². The molecule has 112 valence electrons. The summed E-state index contributed by atoms with van der Waals surface area (Å²) >= 11 is 0. The van der Waals surface area contributed by atoms with Gasteiger partial charge in [0, 0.05) is 0 Å². The zero-order chi connectivity index (χ0) is 15.5. The number of hydrogen-bond acceptors (Lipinski definition) is 3. The molecule has 0 spiro atoms. The number of alkyl halides is 5. The van der Waals surface area contributed by atoms with Crippen molar-refractivity contribution in [1.82, 2.24) is 4.98 Å². The van der Waals surface area contributed by atoms with Crippen molar-refractivity contribution in [1.29, 1.82) is 0 Å². The molecule has 0 unspecified atom stereocenters. The highest BCUT2D eigenvalue weighted by Gasteiger charge is 2.34. The van der Waals surface area contributed by atoms with Crippen LogP contribution in [0, 0.1) is 0 Å². The first kappa shape index (κ1) is 16.1. The Morgan fingerprint density at radius 2 is 2.00 bits per heavy atom. The first-order chi connectivity index (χ1) is 9.16. The molecule has 0 atom stereocenters. The van der Waals surface area contributed by atoms with Gasteiger partial charge in [-0.25, -0.2) is 8.78 Å². The van der Waals surface area contributed by atoms with E-state index in [9.17, 15) is 31.5 Å². The van der Waals surface area contributed by atoms with Crippen LogP contribution in [-0.2, 0) is 22.1 Å². The van der Waals surface area contributed by atoms with Gasteiger partial charge in [-0.1, -0.05) is 0 Å². The van der Waals surface area contributed by atoms with Gasteiger partial charge in [0.25, 0.3) is 12.0 Å². The molecule has 1 aromatic rings. The molecule has 0 amide bonds. The Morgan fingerprint density at radius 1 is 1.40 bits per heavy atom. The van der Waals surface area contributed by atoms with E-state index in [4.69, 9.17) is 0 Å². The van der Waals surface area contributed by atoms with Crippen molar-refractivity contribution in [3.05, 3.63) is 33.2 Å². The molecule has 0 aliphatic heterocycles. The zero-order valence-corrected chi connectivity index (χ0v) is 10.2. The van der Waals surface area contributed by atoms with Gasteiger partial charge in [-0.15, -0.1) is 0 Å². The Hall–Kier alpha value is -1.93. The van der Waals surface area contributed by atoms with Gasteiger partial charge in [-0.05, 0) is 18.6 Å². The third-order valence-electron chi connectivity index (χ3n) is 2.32. The molecule has 4 nitrogen and oxygen atoms in total. The van der Waals surface area contributed by atoms with Gasteiger partial charge < -0.3 is 9.72 Å². The number of pyridine rings is 1. The number of ether oxygens (including phenoxy) is 1. The molecule has 0 aliphatic carbocycles. The molecule has 1 rings (SSSR count). The quantitative estimate of drug-likeness (QED) is 0.686. The second-order valence-electron chi connectivity index (χ2n) is 3.73. The van der Waals surface area contributed by atoms with Gasteiger partial charge >= 0.3 is 12.1 Å². The van der Waals surface area contributed by atoms with Gasteiger partial charge in [0.05, 0.1) is 18.6 Å². The van der Waals surface area contributed by atoms with E-state index in [1.165, 1.54) is 11.9 Å². The average Bonchev–Trinajstić information content (AvgIpc) is 2.26. The maximum absolute atomic E-state index is 12.7. The van der Waals surface area contributed by atoms with E-state index in [1.54, 1.807) is 0 Å². The summed E-state index contributed by atoms with van der Waals surface area (Å²) in [7, 11) is 0. The Bertz CT molecular complexity index is 550. The maximum Gasteiger partial charge on any atom is 0.431 e. The van der Waals surface area contributed by atoms with Crippen LogP contribution in [-0.4, -0.2) is 17.6 Å². The van der Waals surface area contributed by atoms with Crippen molar-refractivity contribution in [2.24, 2.45) is 0 Å². The Labute approximate surface area is 109 Å². The highest BCUT2D eigenvalue weighted by molar-refractivity contribution is 5.73. The lowest BCUT2D eigenvalue weighted by Crippen LogP contribution is -2.24. The normalized spacial score (nSPS) is 11.8. The molecular weight excluding hydrogens is 289 g/mol. The minimum atomic E-state index is -4.91. The van der Waals surface area contributed by atoms with Gasteiger partial charge in [-0.3, -0.25) is 9.59 Å². The molecule has 0 bridgehead atoms. The summed E-state index contributed by atoms with van der Waals surface area (Å²) in [5.74, 6) is -0.992. The SMILES string of the molecule is CCOC(=O)Cc1cc(C(F)(F)F)[nH]c(=O)c1C(F)F. The fourth-order valence-electron chi connectivity index (χ4n) is 1.53. The van der Waals surface area contributed by atoms with Gasteiger partial charge in [0.2, 0.25) is 0 Å². The molecule has 0 radical (unpaired) electrons. The Morgan fingerprint density at radius 3 is 2.45 bits per heavy atom. The number of nitrogens with one attached hydrogen (secondary N) is 1. The minimum absolute atomic E-state index is 0.0574. The number of rotatable bonds is 4. The number of carbonyl (C=O) groups excluding carboxylic acids is 1. The lowest BCUT2D eigenvalue weighted by atomic mass is 10.1. The van der Waals surface area contributed by atoms with E-state index in [0.29, 0.717) is 6.07 Å². The van der Waals surface area contributed by atoms with Crippen LogP contribution in [0.2, 0.25) is 0 Å². The Kier molecular flexibility index (Phi) is 4.85. The van der Waals surface area contributed by atoms with Crippen LogP contribution in [0.3, 0.4) is 0 Å². The molecule has 1 heterocycles. The lowest BCUT2D eigenvalue weighted by molar-refractivity contribution is -0.143. The first-order valence-corrected chi connectivity index (χ1v) is 5.43. The summed E-state index contributed by atoms with van der Waals surface area (Å²) in [6.45, 7) is 1.39. The van der Waals surface area contributed by atoms with Crippen LogP contribution in [0.15, 0.2) is 10.9 Å². The van der Waals surface area contributed by atoms with Crippen molar-refractivity contribution in [3.8, 4) is 0 Å². The predicted molar refractivity (Wildman–Crippen MR) is 57.4 cm³/mol. The van der Waals surface area contributed by atoms with E-state index in [-0.39, 0.29) is 6.61 Å². The van der Waals surface area contributed by atoms with E-state index in [2.05, 4.69) is 4.74 Å². The van der Waals surface area contributed by atoms with E-state index in [0.717, 1.165) is 0 Å². The van der Waals surface area contributed by atoms with E-state index < -0.39 is 47.4 Å². The smallest absolute Gasteiger partial charge is 0.431 e. The van der Waals surface area contributed by atoms with Crippen molar-refractivity contribution in [3.63, 3.8) is 0 Å². The summed E-state index contributed by atoms with van der Waals surface area (Å²) in [5.41, 5.74) is -4.93. The van der Waals surface area contributed by atoms with Crippen molar-refractivity contribution in [2.75, 3.05) is 6.61 Å². The molecular formula is C11H10F5NO3. The molecule has 1 N–H and O–H groups in total. The van der Waals surface area contributed by atoms with Crippen LogP contribution < -0.4 is 5.56 Å². The van der Waals surface area contributed by atoms with Crippen LogP contribution in [0.1, 0.15) is 30.2 Å². The monoisotopic (exact) mass is 299 g/mol. The van der Waals surface area contributed by atoms with Crippen LogP contribution in [0.25, 0.3) is 0 Å².